The van der Waals surface area contributed by atoms with E-state index in [4.69, 9.17) is 17.5 Å². The van der Waals surface area contributed by atoms with Crippen LogP contribution in [0.1, 0.15) is 11.4 Å². The van der Waals surface area contributed by atoms with Crippen molar-refractivity contribution in [2.24, 2.45) is 0 Å². The number of nitrogens with zero attached hydrogens (tertiary/aromatic N) is 7. The summed E-state index contributed by atoms with van der Waals surface area (Å²) < 4.78 is 4.60. The van der Waals surface area contributed by atoms with Gasteiger partial charge in [0.15, 0.2) is 0 Å². The maximum absolute atomic E-state index is 9.07. The molecule has 0 unspecified atom stereocenters. The minimum Gasteiger partial charge on any atom is -0.354 e. The van der Waals surface area contributed by atoms with Gasteiger partial charge in [-0.25, -0.2) is 9.67 Å². The molecule has 142 valence electrons. The molecule has 3 aromatic rings. The summed E-state index contributed by atoms with van der Waals surface area (Å²) in [6.07, 6.45) is 1.69. The van der Waals surface area contributed by atoms with Crippen LogP contribution in [0.4, 0.5) is 5.82 Å². The van der Waals surface area contributed by atoms with E-state index in [0.29, 0.717) is 17.0 Å². The Morgan fingerprint density at radius 2 is 1.86 bits per heavy atom. The minimum atomic E-state index is 0.640. The lowest BCUT2D eigenvalue weighted by Crippen LogP contribution is -2.47. The Bertz CT molecular complexity index is 1060. The Balaban J connectivity index is 1.44. The van der Waals surface area contributed by atoms with Gasteiger partial charge in [-0.1, -0.05) is 18.2 Å². The fourth-order valence-electron chi connectivity index (χ4n) is 3.45. The molecule has 3 heterocycles. The van der Waals surface area contributed by atoms with Gasteiger partial charge in [-0.15, -0.1) is 0 Å². The summed E-state index contributed by atoms with van der Waals surface area (Å²) in [5.41, 5.74) is 1.67. The van der Waals surface area contributed by atoms with Crippen LogP contribution in [0.2, 0.25) is 0 Å². The molecule has 1 aliphatic heterocycles. The van der Waals surface area contributed by atoms with E-state index in [1.165, 1.54) is 0 Å². The van der Waals surface area contributed by atoms with Crippen molar-refractivity contribution >= 4 is 18.0 Å². The summed E-state index contributed by atoms with van der Waals surface area (Å²) >= 11 is 5.68. The summed E-state index contributed by atoms with van der Waals surface area (Å²) in [6.45, 7) is 6.13. The second kappa shape index (κ2) is 7.92. The summed E-state index contributed by atoms with van der Waals surface area (Å²) in [4.78, 5) is 8.95. The van der Waals surface area contributed by atoms with Crippen LogP contribution in [0, 0.1) is 23.0 Å². The molecule has 0 saturated carbocycles. The third-order valence-electron chi connectivity index (χ3n) is 4.92. The Morgan fingerprint density at radius 3 is 2.57 bits per heavy atom. The zero-order valence-corrected chi connectivity index (χ0v) is 16.5. The van der Waals surface area contributed by atoms with Crippen molar-refractivity contribution in [2.75, 3.05) is 31.1 Å². The van der Waals surface area contributed by atoms with E-state index < -0.39 is 0 Å². The number of pyridine rings is 1. The molecule has 1 fully saturated rings. The highest BCUT2D eigenvalue weighted by Gasteiger charge is 2.20. The smallest absolute Gasteiger partial charge is 0.203 e. The monoisotopic (exact) mass is 391 g/mol. The quantitative estimate of drug-likeness (QED) is 0.637. The number of piperazine rings is 1. The molecule has 0 spiro atoms. The van der Waals surface area contributed by atoms with E-state index in [2.05, 4.69) is 26.0 Å². The van der Waals surface area contributed by atoms with Crippen LogP contribution < -0.4 is 4.90 Å². The van der Waals surface area contributed by atoms with Crippen molar-refractivity contribution < 1.29 is 0 Å². The third kappa shape index (κ3) is 3.67. The molecule has 0 bridgehead atoms. The topological polar surface area (TPSA) is 65.9 Å². The van der Waals surface area contributed by atoms with Crippen LogP contribution >= 0.6 is 12.2 Å². The molecule has 7 nitrogen and oxygen atoms in total. The number of aromatic nitrogens is 4. The van der Waals surface area contributed by atoms with Crippen molar-refractivity contribution in [1.82, 2.24) is 24.2 Å². The van der Waals surface area contributed by atoms with Gasteiger partial charge in [-0.05, 0) is 43.4 Å². The number of benzene rings is 1. The van der Waals surface area contributed by atoms with Gasteiger partial charge >= 0.3 is 0 Å². The molecule has 2 aromatic heterocycles. The summed E-state index contributed by atoms with van der Waals surface area (Å²) in [5.74, 6) is 1.74. The number of aryl methyl sites for hydroxylation is 1. The van der Waals surface area contributed by atoms with Gasteiger partial charge in [-0.3, -0.25) is 9.47 Å². The first-order valence-corrected chi connectivity index (χ1v) is 9.62. The maximum Gasteiger partial charge on any atom is 0.203 e. The first kappa shape index (κ1) is 18.3. The Kier molecular flexibility index (Phi) is 5.19. The second-order valence-corrected chi connectivity index (χ2v) is 7.13. The molecule has 1 saturated heterocycles. The third-order valence-corrected chi connectivity index (χ3v) is 5.31. The van der Waals surface area contributed by atoms with Gasteiger partial charge in [-0.2, -0.15) is 10.4 Å². The fourth-order valence-corrected chi connectivity index (χ4v) is 3.79. The number of anilines is 1. The molecule has 4 rings (SSSR count). The lowest BCUT2D eigenvalue weighted by molar-refractivity contribution is 0.194. The van der Waals surface area contributed by atoms with Crippen molar-refractivity contribution in [3.05, 3.63) is 64.8 Å². The molecule has 28 heavy (non-hydrogen) atoms. The highest BCUT2D eigenvalue weighted by atomic mass is 32.1. The van der Waals surface area contributed by atoms with Gasteiger partial charge < -0.3 is 4.90 Å². The summed E-state index contributed by atoms with van der Waals surface area (Å²) in [5, 5.41) is 13.7. The molecular formula is C20H21N7S. The van der Waals surface area contributed by atoms with E-state index in [1.54, 1.807) is 12.3 Å². The molecule has 0 N–H and O–H groups in total. The van der Waals surface area contributed by atoms with Crippen molar-refractivity contribution in [1.29, 1.82) is 5.26 Å². The van der Waals surface area contributed by atoms with Crippen LogP contribution in [-0.4, -0.2) is 50.4 Å². The summed E-state index contributed by atoms with van der Waals surface area (Å²) in [7, 11) is 0. The van der Waals surface area contributed by atoms with E-state index in [9.17, 15) is 0 Å². The van der Waals surface area contributed by atoms with Crippen molar-refractivity contribution in [3.63, 3.8) is 0 Å². The normalized spacial score (nSPS) is 14.8. The van der Waals surface area contributed by atoms with Crippen LogP contribution in [0.3, 0.4) is 0 Å². The van der Waals surface area contributed by atoms with Crippen molar-refractivity contribution in [3.8, 4) is 11.8 Å². The lowest BCUT2D eigenvalue weighted by atomic mass is 10.2. The molecule has 0 aliphatic carbocycles. The largest absolute Gasteiger partial charge is 0.354 e. The Hall–Kier alpha value is -3.02. The molecule has 0 atom stereocenters. The van der Waals surface area contributed by atoms with E-state index in [0.717, 1.165) is 43.5 Å². The van der Waals surface area contributed by atoms with E-state index in [1.807, 2.05) is 52.6 Å². The lowest BCUT2D eigenvalue weighted by Gasteiger charge is -2.35. The van der Waals surface area contributed by atoms with Crippen LogP contribution in [0.5, 0.6) is 0 Å². The number of hydrogen-bond acceptors (Lipinski definition) is 6. The average Bonchev–Trinajstić information content (AvgIpc) is 3.02. The van der Waals surface area contributed by atoms with E-state index in [-0.39, 0.29) is 0 Å². The van der Waals surface area contributed by atoms with Gasteiger partial charge in [0.05, 0.1) is 18.3 Å². The first-order chi connectivity index (χ1) is 13.7. The zero-order chi connectivity index (χ0) is 19.5. The standard InChI is InChI=1S/C20H21N7S/c1-16-23-26(20(28)27(16)18-5-3-2-4-6-18)15-24-9-11-25(12-10-24)19-13-17(14-21)7-8-22-19/h2-8,13H,9-12,15H2,1H3. The van der Waals surface area contributed by atoms with Gasteiger partial charge in [0.1, 0.15) is 11.6 Å². The zero-order valence-electron chi connectivity index (χ0n) is 15.7. The highest BCUT2D eigenvalue weighted by molar-refractivity contribution is 7.71. The molecule has 1 aromatic carbocycles. The van der Waals surface area contributed by atoms with Crippen LogP contribution in [0.25, 0.3) is 5.69 Å². The fraction of sp³-hybridized carbons (Fsp3) is 0.300. The predicted octanol–water partition coefficient (Wildman–Crippen LogP) is 2.76. The van der Waals surface area contributed by atoms with Crippen LogP contribution in [0.15, 0.2) is 48.7 Å². The second-order valence-electron chi connectivity index (χ2n) is 6.76. The van der Waals surface area contributed by atoms with Gasteiger partial charge in [0.2, 0.25) is 4.77 Å². The Morgan fingerprint density at radius 1 is 1.11 bits per heavy atom. The van der Waals surface area contributed by atoms with Gasteiger partial charge in [0.25, 0.3) is 0 Å². The number of para-hydroxylation sites is 1. The van der Waals surface area contributed by atoms with Crippen LogP contribution in [-0.2, 0) is 6.67 Å². The molecule has 0 amide bonds. The molecule has 8 heteroatoms. The highest BCUT2D eigenvalue weighted by Crippen LogP contribution is 2.16. The van der Waals surface area contributed by atoms with Gasteiger partial charge in [0, 0.05) is 38.1 Å². The maximum atomic E-state index is 9.07. The number of hydrogen-bond donors (Lipinski definition) is 0. The predicted molar refractivity (Wildman–Crippen MR) is 110 cm³/mol. The molecule has 0 radical (unpaired) electrons. The Labute approximate surface area is 169 Å². The number of nitriles is 1. The molecular weight excluding hydrogens is 370 g/mol. The average molecular weight is 392 g/mol. The van der Waals surface area contributed by atoms with Crippen molar-refractivity contribution in [2.45, 2.75) is 13.6 Å². The van der Waals surface area contributed by atoms with E-state index >= 15 is 0 Å². The SMILES string of the molecule is Cc1nn(CN2CCN(c3cc(C#N)ccn3)CC2)c(=S)n1-c1ccccc1. The first-order valence-electron chi connectivity index (χ1n) is 9.21. The summed E-state index contributed by atoms with van der Waals surface area (Å²) in [6, 6.07) is 15.8. The molecule has 1 aliphatic rings. The number of rotatable bonds is 4. The minimum absolute atomic E-state index is 0.640.